The van der Waals surface area contributed by atoms with E-state index in [4.69, 9.17) is 23.4 Å². The Kier molecular flexibility index (Phi) is 2.43. The third-order valence-corrected chi connectivity index (χ3v) is 3.82. The van der Waals surface area contributed by atoms with E-state index in [1.165, 1.54) is 4.42 Å². The van der Waals surface area contributed by atoms with Crippen molar-refractivity contribution < 1.29 is 0 Å². The molecule has 0 unspecified atom stereocenters. The highest BCUT2D eigenvalue weighted by Gasteiger charge is 2.21. The van der Waals surface area contributed by atoms with Gasteiger partial charge >= 0.3 is 5.69 Å². The van der Waals surface area contributed by atoms with Crippen LogP contribution in [0.25, 0.3) is 11.0 Å². The van der Waals surface area contributed by atoms with E-state index in [1.54, 1.807) is 23.2 Å². The molecule has 1 aliphatic rings. The first-order chi connectivity index (χ1) is 8.50. The molecule has 0 aliphatic carbocycles. The van der Waals surface area contributed by atoms with E-state index in [2.05, 4.69) is 4.99 Å². The van der Waals surface area contributed by atoms with Crippen LogP contribution in [0.2, 0.25) is 0 Å². The van der Waals surface area contributed by atoms with Crippen LogP contribution in [0.5, 0.6) is 0 Å². The van der Waals surface area contributed by atoms with Crippen molar-refractivity contribution in [3.05, 3.63) is 28.2 Å². The molecule has 0 bridgehead atoms. The summed E-state index contributed by atoms with van der Waals surface area (Å²) in [5.41, 5.74) is 3.05. The lowest BCUT2D eigenvalue weighted by Gasteiger charge is -2.21. The summed E-state index contributed by atoms with van der Waals surface area (Å²) in [5, 5.41) is 0.417. The fraction of sp³-hybridized carbons (Fsp3) is 0.273. The number of halogens is 2. The maximum absolute atomic E-state index is 11.9. The van der Waals surface area contributed by atoms with E-state index < -0.39 is 0 Å². The molecule has 2 aromatic rings. The molecule has 5 nitrogen and oxygen atoms in total. The summed E-state index contributed by atoms with van der Waals surface area (Å²) in [6, 6.07) is 3.70. The maximum atomic E-state index is 11.9. The summed E-state index contributed by atoms with van der Waals surface area (Å²) in [7, 11) is 3.46. The average Bonchev–Trinajstić information content (AvgIpc) is 2.58. The van der Waals surface area contributed by atoms with Gasteiger partial charge in [-0.15, -0.1) is 0 Å². The number of hydrogen-bond acceptors (Lipinski definition) is 3. The summed E-state index contributed by atoms with van der Waals surface area (Å²) in [5.74, 6) is 0. The lowest BCUT2D eigenvalue weighted by atomic mass is 10.1. The minimum atomic E-state index is -0.0819. The Hall–Kier alpha value is -1.46. The highest BCUT2D eigenvalue weighted by Crippen LogP contribution is 2.31. The molecular weight excluding hydrogens is 275 g/mol. The number of imidazole rings is 1. The lowest BCUT2D eigenvalue weighted by molar-refractivity contribution is 0.795. The maximum Gasteiger partial charge on any atom is 0.328 e. The van der Waals surface area contributed by atoms with Gasteiger partial charge in [0, 0.05) is 31.4 Å². The zero-order valence-corrected chi connectivity index (χ0v) is 11.3. The van der Waals surface area contributed by atoms with Crippen LogP contribution in [0, 0.1) is 0 Å². The zero-order valence-electron chi connectivity index (χ0n) is 9.81. The fourth-order valence-corrected chi connectivity index (χ4v) is 2.58. The van der Waals surface area contributed by atoms with Gasteiger partial charge in [0.2, 0.25) is 0 Å². The van der Waals surface area contributed by atoms with Crippen molar-refractivity contribution in [2.24, 2.45) is 19.1 Å². The van der Waals surface area contributed by atoms with Gasteiger partial charge in [-0.3, -0.25) is 13.6 Å². The smallest absolute Gasteiger partial charge is 0.295 e. The number of aliphatic imine (C=N–C) groups is 1. The van der Waals surface area contributed by atoms with Crippen molar-refractivity contribution in [2.75, 3.05) is 11.1 Å². The van der Waals surface area contributed by atoms with E-state index in [9.17, 15) is 4.79 Å². The molecule has 0 saturated heterocycles. The Labute approximate surface area is 113 Å². The number of anilines is 1. The molecule has 94 valence electrons. The van der Waals surface area contributed by atoms with Crippen LogP contribution in [0.1, 0.15) is 5.56 Å². The van der Waals surface area contributed by atoms with Gasteiger partial charge in [-0.05, 0) is 12.1 Å². The molecule has 18 heavy (non-hydrogen) atoms. The predicted octanol–water partition coefficient (Wildman–Crippen LogP) is 1.79. The van der Waals surface area contributed by atoms with Crippen LogP contribution >= 0.6 is 23.4 Å². The van der Waals surface area contributed by atoms with Crippen LogP contribution in [-0.4, -0.2) is 21.0 Å². The van der Waals surface area contributed by atoms with Gasteiger partial charge < -0.3 is 0 Å². The predicted molar refractivity (Wildman–Crippen MR) is 73.7 cm³/mol. The number of fused-ring (bicyclic) bond motifs is 2. The van der Waals surface area contributed by atoms with Crippen molar-refractivity contribution in [1.29, 1.82) is 0 Å². The molecule has 0 fully saturated rings. The molecule has 7 heteroatoms. The van der Waals surface area contributed by atoms with Crippen molar-refractivity contribution >= 4 is 45.3 Å². The van der Waals surface area contributed by atoms with E-state index in [0.29, 0.717) is 11.8 Å². The minimum Gasteiger partial charge on any atom is -0.295 e. The molecule has 0 saturated carbocycles. The molecule has 1 aromatic carbocycles. The van der Waals surface area contributed by atoms with E-state index in [-0.39, 0.29) is 5.69 Å². The topological polar surface area (TPSA) is 42.5 Å². The van der Waals surface area contributed by atoms with E-state index >= 15 is 0 Å². The number of aromatic nitrogens is 2. The highest BCUT2D eigenvalue weighted by molar-refractivity contribution is 6.70. The van der Waals surface area contributed by atoms with Crippen LogP contribution in [0.4, 0.5) is 5.69 Å². The minimum absolute atomic E-state index is 0.0819. The monoisotopic (exact) mass is 284 g/mol. The first kappa shape index (κ1) is 11.6. The Bertz CT molecular complexity index is 744. The number of hydrogen-bond donors (Lipinski definition) is 0. The first-order valence-corrected chi connectivity index (χ1v) is 6.05. The Balaban J connectivity index is 2.45. The molecule has 0 spiro atoms. The summed E-state index contributed by atoms with van der Waals surface area (Å²) >= 11 is 12.2. The third-order valence-electron chi connectivity index (χ3n) is 3.21. The second kappa shape index (κ2) is 3.76. The number of nitrogens with zero attached hydrogens (tertiary/aromatic N) is 4. The summed E-state index contributed by atoms with van der Waals surface area (Å²) < 4.78 is 4.64. The molecule has 2 heterocycles. The second-order valence-corrected chi connectivity index (χ2v) is 4.98. The van der Waals surface area contributed by atoms with Crippen LogP contribution in [-0.2, 0) is 14.1 Å². The van der Waals surface area contributed by atoms with Gasteiger partial charge in [-0.1, -0.05) is 11.6 Å². The SMILES string of the molecule is Cn1c(=O)n(C)c2cc3c(cc21)C(Cl)=NCN3Cl. The number of benzene rings is 1. The van der Waals surface area contributed by atoms with Crippen LogP contribution in [0.15, 0.2) is 21.9 Å². The lowest BCUT2D eigenvalue weighted by Crippen LogP contribution is -2.19. The van der Waals surface area contributed by atoms with Gasteiger partial charge in [0.05, 0.1) is 16.7 Å². The third kappa shape index (κ3) is 1.41. The number of aryl methyl sites for hydroxylation is 2. The molecule has 0 atom stereocenters. The molecule has 0 N–H and O–H groups in total. The average molecular weight is 285 g/mol. The van der Waals surface area contributed by atoms with Gasteiger partial charge in [-0.2, -0.15) is 0 Å². The van der Waals surface area contributed by atoms with Crippen molar-refractivity contribution in [3.63, 3.8) is 0 Å². The van der Waals surface area contributed by atoms with Crippen molar-refractivity contribution in [3.8, 4) is 0 Å². The molecule has 0 radical (unpaired) electrons. The van der Waals surface area contributed by atoms with Gasteiger partial charge in [-0.25, -0.2) is 9.79 Å². The standard InChI is InChI=1S/C11H10Cl2N4O/c1-15-8-3-6-7(17(13)5-14-10(6)12)4-9(8)16(2)11(15)18/h3-4H,5H2,1-2H3. The normalized spacial score (nSPS) is 14.9. The Morgan fingerprint density at radius 3 is 2.50 bits per heavy atom. The van der Waals surface area contributed by atoms with Gasteiger partial charge in [0.15, 0.2) is 0 Å². The first-order valence-electron chi connectivity index (χ1n) is 5.34. The van der Waals surface area contributed by atoms with E-state index in [1.807, 2.05) is 12.1 Å². The molecular formula is C11H10Cl2N4O. The largest absolute Gasteiger partial charge is 0.328 e. The Morgan fingerprint density at radius 2 is 1.83 bits per heavy atom. The zero-order chi connectivity index (χ0) is 13.0. The van der Waals surface area contributed by atoms with Crippen LogP contribution < -0.4 is 10.1 Å². The summed E-state index contributed by atoms with van der Waals surface area (Å²) in [6.45, 7) is 0.305. The molecule has 0 amide bonds. The molecule has 1 aromatic heterocycles. The van der Waals surface area contributed by atoms with Crippen molar-refractivity contribution in [2.45, 2.75) is 0 Å². The molecule has 1 aliphatic heterocycles. The van der Waals surface area contributed by atoms with Crippen molar-refractivity contribution in [1.82, 2.24) is 9.13 Å². The number of rotatable bonds is 0. The fourth-order valence-electron chi connectivity index (χ4n) is 2.19. The van der Waals surface area contributed by atoms with Gasteiger partial charge in [0.1, 0.15) is 11.8 Å². The quantitative estimate of drug-likeness (QED) is 0.693. The highest BCUT2D eigenvalue weighted by atomic mass is 35.5. The van der Waals surface area contributed by atoms with E-state index in [0.717, 1.165) is 22.3 Å². The second-order valence-electron chi connectivity index (χ2n) is 4.21. The Morgan fingerprint density at radius 1 is 1.22 bits per heavy atom. The van der Waals surface area contributed by atoms with Crippen LogP contribution in [0.3, 0.4) is 0 Å². The van der Waals surface area contributed by atoms with Gasteiger partial charge in [0.25, 0.3) is 0 Å². The molecule has 3 rings (SSSR count). The summed E-state index contributed by atoms with van der Waals surface area (Å²) in [4.78, 5) is 16.0. The summed E-state index contributed by atoms with van der Waals surface area (Å²) in [6.07, 6.45) is 0.